The van der Waals surface area contributed by atoms with Crippen LogP contribution in [0.25, 0.3) is 11.0 Å². The fraction of sp³-hybridized carbons (Fsp3) is 0.222. The molecule has 0 saturated carbocycles. The Morgan fingerprint density at radius 2 is 1.95 bits per heavy atom. The standard InChI is InChI=1S/C18H18INO/c1-3-15-17(14-9-4-5-10-16(14)21-15)18(20-2)12-7-6-8-13(19)11-12/h4-11,18,20H,3H2,1-2H3. The van der Waals surface area contributed by atoms with Gasteiger partial charge in [0.15, 0.2) is 0 Å². The van der Waals surface area contributed by atoms with Gasteiger partial charge in [0.1, 0.15) is 11.3 Å². The second-order valence-electron chi connectivity index (χ2n) is 5.07. The molecule has 0 bridgehead atoms. The Balaban J connectivity index is 2.21. The summed E-state index contributed by atoms with van der Waals surface area (Å²) in [5.74, 6) is 1.06. The van der Waals surface area contributed by atoms with Gasteiger partial charge in [0.05, 0.1) is 6.04 Å². The lowest BCUT2D eigenvalue weighted by Gasteiger charge is -2.17. The zero-order chi connectivity index (χ0) is 14.8. The molecule has 2 aromatic carbocycles. The summed E-state index contributed by atoms with van der Waals surface area (Å²) in [6.07, 6.45) is 0.895. The van der Waals surface area contributed by atoms with Crippen LogP contribution in [0, 0.1) is 3.57 Å². The average molecular weight is 391 g/mol. The summed E-state index contributed by atoms with van der Waals surface area (Å²) in [6, 6.07) is 17.1. The maximum atomic E-state index is 6.04. The quantitative estimate of drug-likeness (QED) is 0.640. The zero-order valence-electron chi connectivity index (χ0n) is 12.2. The highest BCUT2D eigenvalue weighted by Gasteiger charge is 2.22. The maximum absolute atomic E-state index is 6.04. The second kappa shape index (κ2) is 6.20. The number of benzene rings is 2. The SMILES string of the molecule is CCc1oc2ccccc2c1C(NC)c1cccc(I)c1. The molecule has 3 heteroatoms. The van der Waals surface area contributed by atoms with Crippen molar-refractivity contribution in [2.75, 3.05) is 7.05 Å². The summed E-state index contributed by atoms with van der Waals surface area (Å²) >= 11 is 2.36. The van der Waals surface area contributed by atoms with Crippen LogP contribution in [-0.2, 0) is 6.42 Å². The number of halogens is 1. The smallest absolute Gasteiger partial charge is 0.134 e. The van der Waals surface area contributed by atoms with Gasteiger partial charge >= 0.3 is 0 Å². The van der Waals surface area contributed by atoms with Crippen molar-refractivity contribution >= 4 is 33.6 Å². The van der Waals surface area contributed by atoms with Gasteiger partial charge in [-0.2, -0.15) is 0 Å². The fourth-order valence-electron chi connectivity index (χ4n) is 2.86. The molecule has 0 aliphatic carbocycles. The molecule has 1 atom stereocenters. The summed E-state index contributed by atoms with van der Waals surface area (Å²) in [5.41, 5.74) is 3.50. The van der Waals surface area contributed by atoms with Crippen molar-refractivity contribution in [1.29, 1.82) is 0 Å². The number of rotatable bonds is 4. The average Bonchev–Trinajstić information content (AvgIpc) is 2.87. The normalized spacial score (nSPS) is 12.7. The van der Waals surface area contributed by atoms with Crippen molar-refractivity contribution in [3.05, 3.63) is 69.0 Å². The summed E-state index contributed by atoms with van der Waals surface area (Å²) < 4.78 is 7.29. The van der Waals surface area contributed by atoms with E-state index in [0.717, 1.165) is 17.8 Å². The van der Waals surface area contributed by atoms with E-state index < -0.39 is 0 Å². The monoisotopic (exact) mass is 391 g/mol. The Labute approximate surface area is 138 Å². The van der Waals surface area contributed by atoms with E-state index in [0.29, 0.717) is 0 Å². The lowest BCUT2D eigenvalue weighted by Crippen LogP contribution is -2.18. The van der Waals surface area contributed by atoms with Crippen molar-refractivity contribution in [2.45, 2.75) is 19.4 Å². The Kier molecular flexibility index (Phi) is 4.31. The first kappa shape index (κ1) is 14.6. The van der Waals surface area contributed by atoms with E-state index in [-0.39, 0.29) is 6.04 Å². The molecular formula is C18H18INO. The van der Waals surface area contributed by atoms with Crippen LogP contribution in [0.15, 0.2) is 52.9 Å². The topological polar surface area (TPSA) is 25.2 Å². The predicted molar refractivity (Wildman–Crippen MR) is 95.7 cm³/mol. The fourth-order valence-corrected chi connectivity index (χ4v) is 3.43. The third-order valence-electron chi connectivity index (χ3n) is 3.79. The number of nitrogens with one attached hydrogen (secondary N) is 1. The van der Waals surface area contributed by atoms with Gasteiger partial charge in [-0.15, -0.1) is 0 Å². The van der Waals surface area contributed by atoms with E-state index in [1.165, 1.54) is 20.1 Å². The lowest BCUT2D eigenvalue weighted by molar-refractivity contribution is 0.539. The van der Waals surface area contributed by atoms with Crippen LogP contribution in [0.4, 0.5) is 0 Å². The summed E-state index contributed by atoms with van der Waals surface area (Å²) in [6.45, 7) is 2.14. The van der Waals surface area contributed by atoms with Gasteiger partial charge in [0.2, 0.25) is 0 Å². The number of para-hydroxylation sites is 1. The van der Waals surface area contributed by atoms with Gasteiger partial charge in [-0.25, -0.2) is 0 Å². The molecule has 0 fully saturated rings. The molecule has 3 rings (SSSR count). The summed E-state index contributed by atoms with van der Waals surface area (Å²) in [5, 5.41) is 4.65. The molecule has 2 nitrogen and oxygen atoms in total. The minimum atomic E-state index is 0.151. The number of hydrogen-bond donors (Lipinski definition) is 1. The van der Waals surface area contributed by atoms with Crippen LogP contribution < -0.4 is 5.32 Å². The Morgan fingerprint density at radius 1 is 1.14 bits per heavy atom. The first-order chi connectivity index (χ1) is 10.2. The minimum Gasteiger partial charge on any atom is -0.461 e. The molecule has 108 valence electrons. The number of hydrogen-bond acceptors (Lipinski definition) is 2. The highest BCUT2D eigenvalue weighted by Crippen LogP contribution is 2.34. The zero-order valence-corrected chi connectivity index (χ0v) is 14.3. The minimum absolute atomic E-state index is 0.151. The highest BCUT2D eigenvalue weighted by molar-refractivity contribution is 14.1. The number of furan rings is 1. The van der Waals surface area contributed by atoms with Gasteiger partial charge < -0.3 is 9.73 Å². The van der Waals surface area contributed by atoms with Gasteiger partial charge in [0, 0.05) is 20.9 Å². The molecular weight excluding hydrogens is 373 g/mol. The highest BCUT2D eigenvalue weighted by atomic mass is 127. The molecule has 0 spiro atoms. The summed E-state index contributed by atoms with van der Waals surface area (Å²) in [7, 11) is 2.01. The van der Waals surface area contributed by atoms with E-state index in [1.54, 1.807) is 0 Å². The Bertz CT molecular complexity index is 763. The van der Waals surface area contributed by atoms with Crippen molar-refractivity contribution in [1.82, 2.24) is 5.32 Å². The van der Waals surface area contributed by atoms with Crippen molar-refractivity contribution in [3.63, 3.8) is 0 Å². The second-order valence-corrected chi connectivity index (χ2v) is 6.31. The third-order valence-corrected chi connectivity index (χ3v) is 4.46. The van der Waals surface area contributed by atoms with Crippen LogP contribution in [0.2, 0.25) is 0 Å². The molecule has 3 aromatic rings. The lowest BCUT2D eigenvalue weighted by atomic mass is 9.95. The summed E-state index contributed by atoms with van der Waals surface area (Å²) in [4.78, 5) is 0. The first-order valence-corrected chi connectivity index (χ1v) is 8.25. The molecule has 0 saturated heterocycles. The first-order valence-electron chi connectivity index (χ1n) is 7.17. The van der Waals surface area contributed by atoms with Crippen molar-refractivity contribution < 1.29 is 4.42 Å². The van der Waals surface area contributed by atoms with Crippen molar-refractivity contribution in [2.24, 2.45) is 0 Å². The van der Waals surface area contributed by atoms with Crippen LogP contribution in [0.1, 0.15) is 29.9 Å². The number of aryl methyl sites for hydroxylation is 1. The number of fused-ring (bicyclic) bond motifs is 1. The van der Waals surface area contributed by atoms with Gasteiger partial charge in [-0.1, -0.05) is 37.3 Å². The predicted octanol–water partition coefficient (Wildman–Crippen LogP) is 4.91. The molecule has 0 radical (unpaired) electrons. The van der Waals surface area contributed by atoms with Crippen molar-refractivity contribution in [3.8, 4) is 0 Å². The van der Waals surface area contributed by atoms with E-state index in [1.807, 2.05) is 19.2 Å². The molecule has 0 amide bonds. The van der Waals surface area contributed by atoms with Crippen LogP contribution in [-0.4, -0.2) is 7.05 Å². The van der Waals surface area contributed by atoms with E-state index in [9.17, 15) is 0 Å². The molecule has 1 unspecified atom stereocenters. The maximum Gasteiger partial charge on any atom is 0.134 e. The van der Waals surface area contributed by atoms with Gasteiger partial charge in [0.25, 0.3) is 0 Å². The van der Waals surface area contributed by atoms with Gasteiger partial charge in [-0.3, -0.25) is 0 Å². The largest absolute Gasteiger partial charge is 0.461 e. The third kappa shape index (κ3) is 2.72. The molecule has 0 aliphatic heterocycles. The van der Waals surface area contributed by atoms with E-state index in [4.69, 9.17) is 4.42 Å². The Morgan fingerprint density at radius 3 is 2.67 bits per heavy atom. The van der Waals surface area contributed by atoms with Gasteiger partial charge in [-0.05, 0) is 53.4 Å². The van der Waals surface area contributed by atoms with Crippen LogP contribution in [0.5, 0.6) is 0 Å². The molecule has 21 heavy (non-hydrogen) atoms. The van der Waals surface area contributed by atoms with E-state index >= 15 is 0 Å². The Hall–Kier alpha value is -1.33. The molecule has 1 N–H and O–H groups in total. The van der Waals surface area contributed by atoms with Crippen LogP contribution >= 0.6 is 22.6 Å². The van der Waals surface area contributed by atoms with Crippen LogP contribution in [0.3, 0.4) is 0 Å². The molecule has 0 aliphatic rings. The molecule has 1 heterocycles. The molecule has 1 aromatic heterocycles. The van der Waals surface area contributed by atoms with E-state index in [2.05, 4.69) is 71.2 Å².